The van der Waals surface area contributed by atoms with Gasteiger partial charge in [0.15, 0.2) is 0 Å². The van der Waals surface area contributed by atoms with Crippen LogP contribution in [0.2, 0.25) is 0 Å². The van der Waals surface area contributed by atoms with Crippen LogP contribution in [0.25, 0.3) is 11.3 Å². The quantitative estimate of drug-likeness (QED) is 0.886. The number of rotatable bonds is 5. The lowest BCUT2D eigenvalue weighted by Gasteiger charge is -2.04. The van der Waals surface area contributed by atoms with Gasteiger partial charge in [-0.3, -0.25) is 0 Å². The smallest absolute Gasteiger partial charge is 0.120 e. The summed E-state index contributed by atoms with van der Waals surface area (Å²) in [6, 6.07) is 8.21. The summed E-state index contributed by atoms with van der Waals surface area (Å²) in [6.07, 6.45) is 1.88. The summed E-state index contributed by atoms with van der Waals surface area (Å²) < 4.78 is 1.09. The first-order valence-corrected chi connectivity index (χ1v) is 6.95. The van der Waals surface area contributed by atoms with Gasteiger partial charge < -0.3 is 10.3 Å². The van der Waals surface area contributed by atoms with Gasteiger partial charge in [0.25, 0.3) is 0 Å². The molecule has 4 heteroatoms. The van der Waals surface area contributed by atoms with Crippen molar-refractivity contribution in [2.45, 2.75) is 20.4 Å². The first-order valence-electron chi connectivity index (χ1n) is 6.15. The van der Waals surface area contributed by atoms with Gasteiger partial charge in [0.05, 0.1) is 18.4 Å². The number of hydrogen-bond donors (Lipinski definition) is 2. The minimum atomic E-state index is 0.658. The lowest BCUT2D eigenvalue weighted by atomic mass is 10.2. The van der Waals surface area contributed by atoms with Crippen LogP contribution in [0.4, 0.5) is 0 Å². The van der Waals surface area contributed by atoms with E-state index in [0.29, 0.717) is 5.92 Å². The Morgan fingerprint density at radius 1 is 1.28 bits per heavy atom. The van der Waals surface area contributed by atoms with E-state index in [4.69, 9.17) is 0 Å². The first-order chi connectivity index (χ1) is 8.65. The molecule has 0 saturated heterocycles. The van der Waals surface area contributed by atoms with Gasteiger partial charge in [-0.25, -0.2) is 4.98 Å². The fraction of sp³-hybridized carbons (Fsp3) is 0.357. The van der Waals surface area contributed by atoms with Crippen molar-refractivity contribution < 1.29 is 0 Å². The normalized spacial score (nSPS) is 11.1. The highest BCUT2D eigenvalue weighted by Gasteiger charge is 2.03. The minimum absolute atomic E-state index is 0.658. The molecule has 0 aliphatic carbocycles. The summed E-state index contributed by atoms with van der Waals surface area (Å²) in [7, 11) is 0. The second kappa shape index (κ2) is 6.16. The summed E-state index contributed by atoms with van der Waals surface area (Å²) in [4.78, 5) is 7.72. The third kappa shape index (κ3) is 3.68. The Kier molecular flexibility index (Phi) is 4.55. The Morgan fingerprint density at radius 2 is 2.00 bits per heavy atom. The van der Waals surface area contributed by atoms with Crippen molar-refractivity contribution in [1.29, 1.82) is 0 Å². The van der Waals surface area contributed by atoms with E-state index in [9.17, 15) is 0 Å². The zero-order valence-corrected chi connectivity index (χ0v) is 12.3. The first kappa shape index (κ1) is 13.3. The number of nitrogens with one attached hydrogen (secondary N) is 2. The molecule has 18 heavy (non-hydrogen) atoms. The molecule has 3 nitrogen and oxygen atoms in total. The Bertz CT molecular complexity index is 488. The SMILES string of the molecule is CC(C)CNCc1ncc(-c2ccc(Br)cc2)[nH]1. The second-order valence-corrected chi connectivity index (χ2v) is 5.69. The lowest BCUT2D eigenvalue weighted by Crippen LogP contribution is -2.19. The van der Waals surface area contributed by atoms with Crippen molar-refractivity contribution in [3.05, 3.63) is 40.8 Å². The van der Waals surface area contributed by atoms with Crippen LogP contribution in [-0.2, 0) is 6.54 Å². The number of benzene rings is 1. The molecule has 2 aromatic rings. The van der Waals surface area contributed by atoms with Crippen LogP contribution in [0, 0.1) is 5.92 Å². The van der Waals surface area contributed by atoms with Gasteiger partial charge in [0.1, 0.15) is 5.82 Å². The van der Waals surface area contributed by atoms with E-state index in [1.54, 1.807) is 0 Å². The molecule has 0 bridgehead atoms. The van der Waals surface area contributed by atoms with Crippen LogP contribution < -0.4 is 5.32 Å². The summed E-state index contributed by atoms with van der Waals surface area (Å²) in [5.74, 6) is 1.64. The molecule has 0 atom stereocenters. The van der Waals surface area contributed by atoms with Gasteiger partial charge in [-0.05, 0) is 30.2 Å². The van der Waals surface area contributed by atoms with Crippen molar-refractivity contribution in [1.82, 2.24) is 15.3 Å². The Hall–Kier alpha value is -1.13. The molecule has 1 heterocycles. The van der Waals surface area contributed by atoms with Gasteiger partial charge in [0, 0.05) is 4.47 Å². The van der Waals surface area contributed by atoms with Crippen LogP contribution in [-0.4, -0.2) is 16.5 Å². The maximum absolute atomic E-state index is 4.38. The van der Waals surface area contributed by atoms with Gasteiger partial charge in [-0.2, -0.15) is 0 Å². The van der Waals surface area contributed by atoms with Crippen LogP contribution in [0.3, 0.4) is 0 Å². The van der Waals surface area contributed by atoms with E-state index in [-0.39, 0.29) is 0 Å². The fourth-order valence-corrected chi connectivity index (χ4v) is 1.97. The molecule has 0 saturated carbocycles. The largest absolute Gasteiger partial charge is 0.341 e. The number of H-pyrrole nitrogens is 1. The molecule has 0 radical (unpaired) electrons. The van der Waals surface area contributed by atoms with Crippen molar-refractivity contribution in [3.63, 3.8) is 0 Å². The van der Waals surface area contributed by atoms with Crippen molar-refractivity contribution in [2.75, 3.05) is 6.54 Å². The van der Waals surface area contributed by atoms with E-state index in [1.165, 1.54) is 0 Å². The number of nitrogens with zero attached hydrogens (tertiary/aromatic N) is 1. The second-order valence-electron chi connectivity index (χ2n) is 4.78. The van der Waals surface area contributed by atoms with E-state index in [0.717, 1.165) is 34.6 Å². The minimum Gasteiger partial charge on any atom is -0.341 e. The van der Waals surface area contributed by atoms with E-state index in [2.05, 4.69) is 57.2 Å². The Labute approximate surface area is 116 Å². The van der Waals surface area contributed by atoms with Crippen LogP contribution in [0.5, 0.6) is 0 Å². The highest BCUT2D eigenvalue weighted by Crippen LogP contribution is 2.19. The average molecular weight is 308 g/mol. The highest BCUT2D eigenvalue weighted by atomic mass is 79.9. The third-order valence-electron chi connectivity index (χ3n) is 2.63. The van der Waals surface area contributed by atoms with Crippen molar-refractivity contribution in [2.24, 2.45) is 5.92 Å². The predicted octanol–water partition coefficient (Wildman–Crippen LogP) is 3.58. The molecule has 0 unspecified atom stereocenters. The molecule has 1 aromatic heterocycles. The van der Waals surface area contributed by atoms with Gasteiger partial charge in [0.2, 0.25) is 0 Å². The molecular formula is C14H18BrN3. The highest BCUT2D eigenvalue weighted by molar-refractivity contribution is 9.10. The van der Waals surface area contributed by atoms with Crippen molar-refractivity contribution in [3.8, 4) is 11.3 Å². The molecule has 0 fully saturated rings. The number of imidazole rings is 1. The van der Waals surface area contributed by atoms with Gasteiger partial charge in [-0.15, -0.1) is 0 Å². The van der Waals surface area contributed by atoms with Crippen LogP contribution in [0.15, 0.2) is 34.9 Å². The summed E-state index contributed by atoms with van der Waals surface area (Å²) >= 11 is 3.44. The number of aromatic amines is 1. The summed E-state index contributed by atoms with van der Waals surface area (Å²) in [5.41, 5.74) is 2.21. The van der Waals surface area contributed by atoms with Gasteiger partial charge >= 0.3 is 0 Å². The topological polar surface area (TPSA) is 40.7 Å². The molecule has 0 spiro atoms. The molecule has 96 valence electrons. The lowest BCUT2D eigenvalue weighted by molar-refractivity contribution is 0.545. The molecule has 0 aliphatic rings. The van der Waals surface area contributed by atoms with E-state index >= 15 is 0 Å². The fourth-order valence-electron chi connectivity index (χ4n) is 1.71. The molecule has 0 aliphatic heterocycles. The van der Waals surface area contributed by atoms with E-state index < -0.39 is 0 Å². The summed E-state index contributed by atoms with van der Waals surface area (Å²) in [6.45, 7) is 6.19. The number of halogens is 1. The third-order valence-corrected chi connectivity index (χ3v) is 3.16. The Morgan fingerprint density at radius 3 is 2.67 bits per heavy atom. The van der Waals surface area contributed by atoms with E-state index in [1.807, 2.05) is 18.3 Å². The molecule has 1 aromatic carbocycles. The number of aromatic nitrogens is 2. The van der Waals surface area contributed by atoms with Crippen molar-refractivity contribution >= 4 is 15.9 Å². The van der Waals surface area contributed by atoms with Gasteiger partial charge in [-0.1, -0.05) is 41.9 Å². The maximum Gasteiger partial charge on any atom is 0.120 e. The number of hydrogen-bond acceptors (Lipinski definition) is 2. The standard InChI is InChI=1S/C14H18BrN3/c1-10(2)7-16-9-14-17-8-13(18-14)11-3-5-12(15)6-4-11/h3-6,8,10,16H,7,9H2,1-2H3,(H,17,18). The Balaban J connectivity index is 1.99. The molecular weight excluding hydrogens is 290 g/mol. The monoisotopic (exact) mass is 307 g/mol. The maximum atomic E-state index is 4.38. The molecule has 2 N–H and O–H groups in total. The zero-order valence-electron chi connectivity index (χ0n) is 10.7. The summed E-state index contributed by atoms with van der Waals surface area (Å²) in [5, 5.41) is 3.37. The molecule has 0 amide bonds. The molecule has 2 rings (SSSR count). The average Bonchev–Trinajstić information content (AvgIpc) is 2.78. The van der Waals surface area contributed by atoms with Crippen LogP contribution >= 0.6 is 15.9 Å². The predicted molar refractivity (Wildman–Crippen MR) is 78.3 cm³/mol. The zero-order chi connectivity index (χ0) is 13.0. The van der Waals surface area contributed by atoms with Crippen LogP contribution in [0.1, 0.15) is 19.7 Å².